The Kier molecular flexibility index (Phi) is 4.60. The standard InChI is InChI=1S/C16H19N3O3/c1-5-12-10(2)9-13(22-12)15(20)18-14-8-6-7-11(17-14)16(21)19(3)4/h6-9H,5H2,1-4H3,(H,17,18,20). The van der Waals surface area contributed by atoms with Gasteiger partial charge in [0.15, 0.2) is 5.76 Å². The number of rotatable bonds is 4. The second kappa shape index (κ2) is 6.43. The highest BCUT2D eigenvalue weighted by atomic mass is 16.4. The Labute approximate surface area is 129 Å². The Morgan fingerprint density at radius 2 is 2.05 bits per heavy atom. The van der Waals surface area contributed by atoms with Gasteiger partial charge in [0.05, 0.1) is 0 Å². The molecule has 0 spiro atoms. The fourth-order valence-electron chi connectivity index (χ4n) is 2.01. The summed E-state index contributed by atoms with van der Waals surface area (Å²) in [6, 6.07) is 6.60. The number of carbonyl (C=O) groups excluding carboxylic acids is 2. The molecule has 0 aromatic carbocycles. The van der Waals surface area contributed by atoms with Crippen molar-refractivity contribution in [3.8, 4) is 0 Å². The Hall–Kier alpha value is -2.63. The Bertz CT molecular complexity index is 704. The lowest BCUT2D eigenvalue weighted by molar-refractivity contribution is 0.0821. The van der Waals surface area contributed by atoms with Crippen molar-refractivity contribution in [1.82, 2.24) is 9.88 Å². The molecule has 0 radical (unpaired) electrons. The molecule has 0 atom stereocenters. The number of hydrogen-bond donors (Lipinski definition) is 1. The van der Waals surface area contributed by atoms with Gasteiger partial charge in [-0.15, -0.1) is 0 Å². The van der Waals surface area contributed by atoms with Gasteiger partial charge in [-0.25, -0.2) is 4.98 Å². The van der Waals surface area contributed by atoms with Crippen molar-refractivity contribution in [1.29, 1.82) is 0 Å². The van der Waals surface area contributed by atoms with E-state index in [1.54, 1.807) is 38.4 Å². The van der Waals surface area contributed by atoms with Crippen LogP contribution in [-0.4, -0.2) is 35.8 Å². The normalized spacial score (nSPS) is 10.4. The highest BCUT2D eigenvalue weighted by Crippen LogP contribution is 2.16. The van der Waals surface area contributed by atoms with Gasteiger partial charge in [0, 0.05) is 20.5 Å². The van der Waals surface area contributed by atoms with Crippen molar-refractivity contribution in [3.63, 3.8) is 0 Å². The number of aromatic nitrogens is 1. The third kappa shape index (κ3) is 3.33. The molecule has 2 amide bonds. The molecule has 0 saturated heterocycles. The van der Waals surface area contributed by atoms with Crippen LogP contribution < -0.4 is 5.32 Å². The van der Waals surface area contributed by atoms with Gasteiger partial charge in [-0.3, -0.25) is 9.59 Å². The van der Waals surface area contributed by atoms with Crippen molar-refractivity contribution in [2.75, 3.05) is 19.4 Å². The fraction of sp³-hybridized carbons (Fsp3) is 0.312. The van der Waals surface area contributed by atoms with E-state index in [0.29, 0.717) is 5.82 Å². The van der Waals surface area contributed by atoms with Gasteiger partial charge in [-0.1, -0.05) is 13.0 Å². The van der Waals surface area contributed by atoms with Crippen LogP contribution in [0.5, 0.6) is 0 Å². The molecule has 6 heteroatoms. The van der Waals surface area contributed by atoms with E-state index in [-0.39, 0.29) is 23.3 Å². The topological polar surface area (TPSA) is 75.4 Å². The minimum atomic E-state index is -0.384. The number of pyridine rings is 1. The van der Waals surface area contributed by atoms with E-state index < -0.39 is 0 Å². The molecule has 6 nitrogen and oxygen atoms in total. The largest absolute Gasteiger partial charge is 0.456 e. The van der Waals surface area contributed by atoms with Crippen LogP contribution in [0, 0.1) is 6.92 Å². The summed E-state index contributed by atoms with van der Waals surface area (Å²) in [5.74, 6) is 0.725. The number of carbonyl (C=O) groups is 2. The number of furan rings is 1. The van der Waals surface area contributed by atoms with Crippen LogP contribution in [0.15, 0.2) is 28.7 Å². The van der Waals surface area contributed by atoms with Gasteiger partial charge >= 0.3 is 0 Å². The van der Waals surface area contributed by atoms with Gasteiger partial charge in [0.25, 0.3) is 11.8 Å². The minimum Gasteiger partial charge on any atom is -0.456 e. The van der Waals surface area contributed by atoms with Crippen LogP contribution in [0.2, 0.25) is 0 Å². The first-order valence-electron chi connectivity index (χ1n) is 7.01. The third-order valence-corrected chi connectivity index (χ3v) is 3.18. The van der Waals surface area contributed by atoms with Crippen LogP contribution in [0.25, 0.3) is 0 Å². The third-order valence-electron chi connectivity index (χ3n) is 3.18. The summed E-state index contributed by atoms with van der Waals surface area (Å²) in [5.41, 5.74) is 1.21. The van der Waals surface area contributed by atoms with E-state index in [1.807, 2.05) is 13.8 Å². The number of aryl methyl sites for hydroxylation is 2. The molecule has 22 heavy (non-hydrogen) atoms. The summed E-state index contributed by atoms with van der Waals surface area (Å²) >= 11 is 0. The maximum atomic E-state index is 12.2. The summed E-state index contributed by atoms with van der Waals surface area (Å²) in [5, 5.41) is 2.64. The summed E-state index contributed by atoms with van der Waals surface area (Å²) in [4.78, 5) is 29.6. The zero-order valence-corrected chi connectivity index (χ0v) is 13.1. The van der Waals surface area contributed by atoms with E-state index >= 15 is 0 Å². The molecule has 2 aromatic heterocycles. The first-order valence-corrected chi connectivity index (χ1v) is 7.01. The summed E-state index contributed by atoms with van der Waals surface area (Å²) in [6.07, 6.45) is 0.726. The Balaban J connectivity index is 2.18. The zero-order valence-electron chi connectivity index (χ0n) is 13.1. The highest BCUT2D eigenvalue weighted by molar-refractivity contribution is 6.02. The molecule has 0 aliphatic rings. The van der Waals surface area contributed by atoms with Crippen LogP contribution in [0.4, 0.5) is 5.82 Å². The number of hydrogen-bond acceptors (Lipinski definition) is 4. The minimum absolute atomic E-state index is 0.224. The average Bonchev–Trinajstić information content (AvgIpc) is 2.87. The quantitative estimate of drug-likeness (QED) is 0.941. The molecule has 2 heterocycles. The molecular weight excluding hydrogens is 282 g/mol. The number of nitrogens with zero attached hydrogens (tertiary/aromatic N) is 2. The molecule has 0 fully saturated rings. The van der Waals surface area contributed by atoms with E-state index in [0.717, 1.165) is 17.7 Å². The predicted molar refractivity (Wildman–Crippen MR) is 83.0 cm³/mol. The van der Waals surface area contributed by atoms with Crippen LogP contribution in [0.1, 0.15) is 39.3 Å². The van der Waals surface area contributed by atoms with E-state index in [4.69, 9.17) is 4.42 Å². The van der Waals surface area contributed by atoms with E-state index in [2.05, 4.69) is 10.3 Å². The van der Waals surface area contributed by atoms with Gasteiger partial charge in [-0.2, -0.15) is 0 Å². The van der Waals surface area contributed by atoms with Gasteiger partial charge in [-0.05, 0) is 30.7 Å². The second-order valence-electron chi connectivity index (χ2n) is 5.13. The molecule has 1 N–H and O–H groups in total. The molecule has 2 aromatic rings. The smallest absolute Gasteiger partial charge is 0.292 e. The molecule has 0 bridgehead atoms. The molecule has 2 rings (SSSR count). The maximum absolute atomic E-state index is 12.2. The molecule has 0 unspecified atom stereocenters. The van der Waals surface area contributed by atoms with Gasteiger partial charge in [0.2, 0.25) is 0 Å². The van der Waals surface area contributed by atoms with Crippen molar-refractivity contribution >= 4 is 17.6 Å². The highest BCUT2D eigenvalue weighted by Gasteiger charge is 2.15. The molecular formula is C16H19N3O3. The number of anilines is 1. The molecule has 0 aliphatic heterocycles. The first kappa shape index (κ1) is 15.8. The van der Waals surface area contributed by atoms with Crippen LogP contribution in [-0.2, 0) is 6.42 Å². The van der Waals surface area contributed by atoms with Gasteiger partial charge in [0.1, 0.15) is 17.3 Å². The van der Waals surface area contributed by atoms with Crippen molar-refractivity contribution in [3.05, 3.63) is 47.0 Å². The number of nitrogens with one attached hydrogen (secondary N) is 1. The molecule has 0 saturated carbocycles. The summed E-state index contributed by atoms with van der Waals surface area (Å²) < 4.78 is 5.50. The zero-order chi connectivity index (χ0) is 16.3. The lowest BCUT2D eigenvalue weighted by Gasteiger charge is -2.10. The van der Waals surface area contributed by atoms with Crippen LogP contribution >= 0.6 is 0 Å². The van der Waals surface area contributed by atoms with Crippen molar-refractivity contribution < 1.29 is 14.0 Å². The van der Waals surface area contributed by atoms with Crippen molar-refractivity contribution in [2.24, 2.45) is 0 Å². The van der Waals surface area contributed by atoms with E-state index in [1.165, 1.54) is 4.90 Å². The monoisotopic (exact) mass is 301 g/mol. The summed E-state index contributed by atoms with van der Waals surface area (Å²) in [6.45, 7) is 3.86. The maximum Gasteiger partial charge on any atom is 0.292 e. The predicted octanol–water partition coefficient (Wildman–Crippen LogP) is 2.50. The van der Waals surface area contributed by atoms with Gasteiger partial charge < -0.3 is 14.6 Å². The summed E-state index contributed by atoms with van der Waals surface area (Å²) in [7, 11) is 3.29. The lowest BCUT2D eigenvalue weighted by Crippen LogP contribution is -2.23. The Morgan fingerprint density at radius 1 is 1.32 bits per heavy atom. The average molecular weight is 301 g/mol. The lowest BCUT2D eigenvalue weighted by atomic mass is 10.2. The SMILES string of the molecule is CCc1oc(C(=O)Nc2cccc(C(=O)N(C)C)n2)cc1C. The van der Waals surface area contributed by atoms with Crippen LogP contribution in [0.3, 0.4) is 0 Å². The second-order valence-corrected chi connectivity index (χ2v) is 5.13. The molecule has 0 aliphatic carbocycles. The van der Waals surface area contributed by atoms with Crippen molar-refractivity contribution in [2.45, 2.75) is 20.3 Å². The first-order chi connectivity index (χ1) is 10.4. The van der Waals surface area contributed by atoms with E-state index in [9.17, 15) is 9.59 Å². The number of amides is 2. The fourth-order valence-corrected chi connectivity index (χ4v) is 2.01. The molecule has 116 valence electrons. The Morgan fingerprint density at radius 3 is 2.64 bits per heavy atom.